The highest BCUT2D eigenvalue weighted by atomic mass is 16.5. The summed E-state index contributed by atoms with van der Waals surface area (Å²) >= 11 is 0. The Labute approximate surface area is 76.2 Å². The Morgan fingerprint density at radius 2 is 2.54 bits per heavy atom. The fraction of sp³-hybridized carbons (Fsp3) is 0.500. The second-order valence-corrected chi connectivity index (χ2v) is 3.05. The number of ether oxygens (including phenoxy) is 1. The molecule has 2 rings (SSSR count). The highest BCUT2D eigenvalue weighted by molar-refractivity contribution is 5.19. The van der Waals surface area contributed by atoms with Crippen molar-refractivity contribution in [3.8, 4) is 0 Å². The van der Waals surface area contributed by atoms with Crippen molar-refractivity contribution in [2.45, 2.75) is 12.5 Å². The molecule has 0 aliphatic carbocycles. The molecule has 2 heterocycles. The maximum atomic E-state index is 5.95. The highest BCUT2D eigenvalue weighted by Gasteiger charge is 2.18. The number of hydrogen-bond donors (Lipinski definition) is 1. The van der Waals surface area contributed by atoms with Crippen LogP contribution in [0.2, 0.25) is 0 Å². The van der Waals surface area contributed by atoms with Gasteiger partial charge in [-0.2, -0.15) is 15.0 Å². The van der Waals surface area contributed by atoms with Crippen molar-refractivity contribution in [3.05, 3.63) is 23.7 Å². The van der Waals surface area contributed by atoms with E-state index in [-0.39, 0.29) is 6.04 Å². The number of nitrogens with zero attached hydrogens (tertiary/aromatic N) is 3. The summed E-state index contributed by atoms with van der Waals surface area (Å²) in [6.45, 7) is 0.725. The van der Waals surface area contributed by atoms with Gasteiger partial charge in [0.1, 0.15) is 5.69 Å². The zero-order chi connectivity index (χ0) is 9.26. The first-order valence-corrected chi connectivity index (χ1v) is 4.19. The zero-order valence-electron chi connectivity index (χ0n) is 7.47. The predicted octanol–water partition coefficient (Wildman–Crippen LogP) is 0.119. The van der Waals surface area contributed by atoms with Crippen LogP contribution in [-0.4, -0.2) is 21.6 Å². The summed E-state index contributed by atoms with van der Waals surface area (Å²) in [4.78, 5) is 1.51. The van der Waals surface area contributed by atoms with Crippen LogP contribution in [0.25, 0.3) is 0 Å². The Morgan fingerprint density at radius 3 is 3.08 bits per heavy atom. The summed E-state index contributed by atoms with van der Waals surface area (Å²) in [5, 5.41) is 8.11. The van der Waals surface area contributed by atoms with E-state index in [1.54, 1.807) is 19.5 Å². The molecular formula is C8H12N4O. The van der Waals surface area contributed by atoms with Crippen molar-refractivity contribution in [1.82, 2.24) is 15.0 Å². The van der Waals surface area contributed by atoms with E-state index in [1.165, 1.54) is 4.80 Å². The maximum Gasteiger partial charge on any atom is 0.104 e. The number of rotatable bonds is 2. The molecule has 5 heteroatoms. The molecule has 0 aromatic carbocycles. The van der Waals surface area contributed by atoms with Gasteiger partial charge >= 0.3 is 0 Å². The fourth-order valence-corrected chi connectivity index (χ4v) is 1.32. The van der Waals surface area contributed by atoms with E-state index in [1.807, 2.05) is 0 Å². The first kappa shape index (κ1) is 8.25. The van der Waals surface area contributed by atoms with Gasteiger partial charge in [0.15, 0.2) is 0 Å². The number of aryl methyl sites for hydroxylation is 1. The molecule has 0 amide bonds. The van der Waals surface area contributed by atoms with Crippen LogP contribution < -0.4 is 5.73 Å². The van der Waals surface area contributed by atoms with E-state index in [2.05, 4.69) is 10.2 Å². The van der Waals surface area contributed by atoms with Crippen LogP contribution in [-0.2, 0) is 11.8 Å². The topological polar surface area (TPSA) is 66.0 Å². The van der Waals surface area contributed by atoms with Gasteiger partial charge in [-0.3, -0.25) is 0 Å². The Bertz CT molecular complexity index is 331. The predicted molar refractivity (Wildman–Crippen MR) is 46.6 cm³/mol. The van der Waals surface area contributed by atoms with Gasteiger partial charge < -0.3 is 10.5 Å². The quantitative estimate of drug-likeness (QED) is 0.702. The summed E-state index contributed by atoms with van der Waals surface area (Å²) < 4.78 is 5.11. The molecule has 1 aromatic rings. The first-order chi connectivity index (χ1) is 6.27. The first-order valence-electron chi connectivity index (χ1n) is 4.19. The van der Waals surface area contributed by atoms with Crippen LogP contribution in [0.15, 0.2) is 18.0 Å². The van der Waals surface area contributed by atoms with Gasteiger partial charge in [-0.25, -0.2) is 0 Å². The summed E-state index contributed by atoms with van der Waals surface area (Å²) in [5.74, 6) is 0. The minimum Gasteiger partial charge on any atom is -0.501 e. The number of aromatic nitrogens is 3. The molecule has 0 radical (unpaired) electrons. The third kappa shape index (κ3) is 1.55. The molecule has 70 valence electrons. The number of nitrogens with two attached hydrogens (primary N) is 1. The van der Waals surface area contributed by atoms with Crippen molar-refractivity contribution < 1.29 is 4.74 Å². The normalized spacial score (nSPS) is 18.2. The molecule has 13 heavy (non-hydrogen) atoms. The Kier molecular flexibility index (Phi) is 2.02. The van der Waals surface area contributed by atoms with Crippen LogP contribution >= 0.6 is 0 Å². The number of hydrogen-bond acceptors (Lipinski definition) is 4. The minimum absolute atomic E-state index is 0.170. The van der Waals surface area contributed by atoms with Crippen LogP contribution in [0.3, 0.4) is 0 Å². The highest BCUT2D eigenvalue weighted by Crippen LogP contribution is 2.23. The smallest absolute Gasteiger partial charge is 0.104 e. The Balaban J connectivity index is 2.16. The summed E-state index contributed by atoms with van der Waals surface area (Å²) in [6, 6.07) is -0.170. The van der Waals surface area contributed by atoms with Gasteiger partial charge in [-0.1, -0.05) is 0 Å². The van der Waals surface area contributed by atoms with Gasteiger partial charge in [0.2, 0.25) is 0 Å². The largest absolute Gasteiger partial charge is 0.501 e. The molecule has 1 aromatic heterocycles. The van der Waals surface area contributed by atoms with Gasteiger partial charge in [-0.05, 0) is 5.57 Å². The lowest BCUT2D eigenvalue weighted by atomic mass is 10.1. The molecule has 1 unspecified atom stereocenters. The fourth-order valence-electron chi connectivity index (χ4n) is 1.32. The van der Waals surface area contributed by atoms with Crippen molar-refractivity contribution in [1.29, 1.82) is 0 Å². The third-order valence-electron chi connectivity index (χ3n) is 2.08. The lowest BCUT2D eigenvalue weighted by Crippen LogP contribution is -2.13. The van der Waals surface area contributed by atoms with Crippen LogP contribution in [0.5, 0.6) is 0 Å². The van der Waals surface area contributed by atoms with Gasteiger partial charge in [0.05, 0.1) is 25.1 Å². The van der Waals surface area contributed by atoms with Crippen LogP contribution in [0.1, 0.15) is 18.2 Å². The molecule has 5 nitrogen and oxygen atoms in total. The molecule has 1 aliphatic rings. The van der Waals surface area contributed by atoms with E-state index in [0.717, 1.165) is 24.3 Å². The third-order valence-corrected chi connectivity index (χ3v) is 2.08. The lowest BCUT2D eigenvalue weighted by molar-refractivity contribution is 0.281. The second-order valence-electron chi connectivity index (χ2n) is 3.05. The summed E-state index contributed by atoms with van der Waals surface area (Å²) in [7, 11) is 1.77. The SMILES string of the molecule is Cn1ncc(C(N)C2=COCC2)n1. The Hall–Kier alpha value is -1.36. The molecule has 0 bridgehead atoms. The van der Waals surface area contributed by atoms with Crippen LogP contribution in [0, 0.1) is 0 Å². The molecular weight excluding hydrogens is 168 g/mol. The standard InChI is InChI=1S/C8H12N4O/c1-12-10-4-7(11-12)8(9)6-2-3-13-5-6/h4-5,8H,2-3,9H2,1H3. The molecule has 1 atom stereocenters. The molecule has 1 aliphatic heterocycles. The second kappa shape index (κ2) is 3.18. The monoisotopic (exact) mass is 180 g/mol. The van der Waals surface area contributed by atoms with Gasteiger partial charge in [0.25, 0.3) is 0 Å². The zero-order valence-corrected chi connectivity index (χ0v) is 7.47. The molecule has 0 saturated heterocycles. The molecule has 0 spiro atoms. The molecule has 0 fully saturated rings. The average molecular weight is 180 g/mol. The van der Waals surface area contributed by atoms with E-state index in [9.17, 15) is 0 Å². The summed E-state index contributed by atoms with van der Waals surface area (Å²) in [5.41, 5.74) is 7.82. The Morgan fingerprint density at radius 1 is 1.69 bits per heavy atom. The van der Waals surface area contributed by atoms with Crippen molar-refractivity contribution in [2.75, 3.05) is 6.61 Å². The molecule has 2 N–H and O–H groups in total. The van der Waals surface area contributed by atoms with Gasteiger partial charge in [0, 0.05) is 13.5 Å². The summed E-state index contributed by atoms with van der Waals surface area (Å²) in [6.07, 6.45) is 4.29. The average Bonchev–Trinajstić information content (AvgIpc) is 2.72. The van der Waals surface area contributed by atoms with Gasteiger partial charge in [-0.15, -0.1) is 0 Å². The van der Waals surface area contributed by atoms with E-state index >= 15 is 0 Å². The lowest BCUT2D eigenvalue weighted by Gasteiger charge is -2.06. The van der Waals surface area contributed by atoms with Crippen molar-refractivity contribution in [3.63, 3.8) is 0 Å². The van der Waals surface area contributed by atoms with Crippen molar-refractivity contribution >= 4 is 0 Å². The van der Waals surface area contributed by atoms with E-state index < -0.39 is 0 Å². The maximum absolute atomic E-state index is 5.95. The van der Waals surface area contributed by atoms with E-state index in [4.69, 9.17) is 10.5 Å². The molecule has 0 saturated carbocycles. The van der Waals surface area contributed by atoms with Crippen molar-refractivity contribution in [2.24, 2.45) is 12.8 Å². The minimum atomic E-state index is -0.170. The van der Waals surface area contributed by atoms with Crippen LogP contribution in [0.4, 0.5) is 0 Å². The van der Waals surface area contributed by atoms with E-state index in [0.29, 0.717) is 0 Å².